The molecule has 33 heavy (non-hydrogen) atoms. The van der Waals surface area contributed by atoms with Crippen molar-refractivity contribution in [2.24, 2.45) is 5.10 Å². The van der Waals surface area contributed by atoms with Crippen LogP contribution in [0.2, 0.25) is 0 Å². The minimum Gasteiger partial charge on any atom is -0.267 e. The highest BCUT2D eigenvalue weighted by molar-refractivity contribution is 7.14. The third-order valence-corrected chi connectivity index (χ3v) is 7.04. The van der Waals surface area contributed by atoms with Crippen molar-refractivity contribution in [2.75, 3.05) is 0 Å². The van der Waals surface area contributed by atoms with Gasteiger partial charge in [-0.1, -0.05) is 70.2 Å². The average Bonchev–Trinajstić information content (AvgIpc) is 3.30. The molecular weight excluding hydrogens is 426 g/mol. The Morgan fingerprint density at radius 2 is 1.76 bits per heavy atom. The van der Waals surface area contributed by atoms with E-state index in [1.807, 2.05) is 37.3 Å². The molecule has 0 aliphatic rings. The van der Waals surface area contributed by atoms with Crippen molar-refractivity contribution in [3.63, 3.8) is 0 Å². The van der Waals surface area contributed by atoms with Crippen molar-refractivity contribution < 1.29 is 4.79 Å². The lowest BCUT2D eigenvalue weighted by molar-refractivity contribution is 0.0956. The molecule has 0 atom stereocenters. The molecule has 2 aromatic carbocycles. The summed E-state index contributed by atoms with van der Waals surface area (Å²) in [6, 6.07) is 22.1. The highest BCUT2D eigenvalue weighted by atomic mass is 32.1. The number of rotatable bonds is 5. The summed E-state index contributed by atoms with van der Waals surface area (Å²) >= 11 is 1.70. The van der Waals surface area contributed by atoms with Gasteiger partial charge in [-0.25, -0.2) is 10.4 Å². The SMILES string of the molecule is CCc1ccc(C(C)=NNC(=O)c2cc(-c3ccc(C(C)(C)C)cc3)nc3ccccc23)s1. The first-order valence-corrected chi connectivity index (χ1v) is 12.0. The highest BCUT2D eigenvalue weighted by Gasteiger charge is 2.16. The molecule has 2 aromatic heterocycles. The van der Waals surface area contributed by atoms with Crippen LogP contribution in [0.1, 0.15) is 60.3 Å². The van der Waals surface area contributed by atoms with Gasteiger partial charge in [0, 0.05) is 15.8 Å². The molecule has 0 aliphatic heterocycles. The van der Waals surface area contributed by atoms with Gasteiger partial charge in [0.2, 0.25) is 0 Å². The number of carbonyl (C=O) groups excluding carboxylic acids is 1. The number of amides is 1. The normalized spacial score (nSPS) is 12.2. The Morgan fingerprint density at radius 1 is 1.03 bits per heavy atom. The Morgan fingerprint density at radius 3 is 2.42 bits per heavy atom. The van der Waals surface area contributed by atoms with E-state index in [2.05, 4.69) is 74.6 Å². The third kappa shape index (κ3) is 5.04. The molecule has 4 rings (SSSR count). The molecule has 0 saturated carbocycles. The highest BCUT2D eigenvalue weighted by Crippen LogP contribution is 2.28. The standard InChI is InChI=1S/C28H29N3OS/c1-6-21-15-16-26(33-21)18(2)30-31-27(32)23-17-25(29-24-10-8-7-9-22(23)24)19-11-13-20(14-12-19)28(3,4)5/h7-17H,6H2,1-5H3,(H,31,32). The van der Waals surface area contributed by atoms with E-state index < -0.39 is 0 Å². The summed E-state index contributed by atoms with van der Waals surface area (Å²) in [7, 11) is 0. The molecule has 4 aromatic rings. The fraction of sp³-hybridized carbons (Fsp3) is 0.250. The zero-order chi connectivity index (χ0) is 23.6. The number of benzene rings is 2. The molecule has 0 unspecified atom stereocenters. The van der Waals surface area contributed by atoms with Gasteiger partial charge in [0.25, 0.3) is 5.91 Å². The molecule has 5 heteroatoms. The lowest BCUT2D eigenvalue weighted by atomic mass is 9.86. The van der Waals surface area contributed by atoms with Crippen LogP contribution in [0.25, 0.3) is 22.2 Å². The van der Waals surface area contributed by atoms with Crippen LogP contribution < -0.4 is 5.43 Å². The van der Waals surface area contributed by atoms with Crippen LogP contribution in [0.15, 0.2) is 71.8 Å². The number of aryl methyl sites for hydroxylation is 1. The molecule has 0 fully saturated rings. The molecule has 0 aliphatic carbocycles. The summed E-state index contributed by atoms with van der Waals surface area (Å²) in [4.78, 5) is 20.4. The summed E-state index contributed by atoms with van der Waals surface area (Å²) < 4.78 is 0. The lowest BCUT2D eigenvalue weighted by Crippen LogP contribution is -2.19. The van der Waals surface area contributed by atoms with Crippen molar-refractivity contribution in [2.45, 2.75) is 46.5 Å². The second-order valence-electron chi connectivity index (χ2n) is 9.16. The second kappa shape index (κ2) is 9.28. The quantitative estimate of drug-likeness (QED) is 0.261. The number of thiophene rings is 1. The topological polar surface area (TPSA) is 54.4 Å². The number of fused-ring (bicyclic) bond motifs is 1. The van der Waals surface area contributed by atoms with Gasteiger partial charge >= 0.3 is 0 Å². The number of hydrogen-bond donors (Lipinski definition) is 1. The Hall–Kier alpha value is -3.31. The van der Waals surface area contributed by atoms with Crippen LogP contribution in [0, 0.1) is 0 Å². The number of pyridine rings is 1. The van der Waals surface area contributed by atoms with Crippen LogP contribution in [0.3, 0.4) is 0 Å². The van der Waals surface area contributed by atoms with E-state index in [4.69, 9.17) is 4.98 Å². The van der Waals surface area contributed by atoms with Crippen LogP contribution in [-0.2, 0) is 11.8 Å². The predicted octanol–water partition coefficient (Wildman–Crippen LogP) is 6.98. The van der Waals surface area contributed by atoms with E-state index in [1.54, 1.807) is 11.3 Å². The Kier molecular flexibility index (Phi) is 6.43. The molecule has 4 nitrogen and oxygen atoms in total. The van der Waals surface area contributed by atoms with Crippen molar-refractivity contribution in [3.8, 4) is 11.3 Å². The fourth-order valence-corrected chi connectivity index (χ4v) is 4.56. The number of nitrogens with one attached hydrogen (secondary N) is 1. The van der Waals surface area contributed by atoms with Gasteiger partial charge in [-0.2, -0.15) is 5.10 Å². The number of hydrogen-bond acceptors (Lipinski definition) is 4. The smallest absolute Gasteiger partial charge is 0.267 e. The number of hydrazone groups is 1. The van der Waals surface area contributed by atoms with Gasteiger partial charge in [-0.3, -0.25) is 4.79 Å². The van der Waals surface area contributed by atoms with Crippen molar-refractivity contribution in [1.29, 1.82) is 0 Å². The van der Waals surface area contributed by atoms with Crippen LogP contribution in [0.5, 0.6) is 0 Å². The van der Waals surface area contributed by atoms with E-state index in [0.29, 0.717) is 5.56 Å². The largest absolute Gasteiger partial charge is 0.272 e. The first-order chi connectivity index (χ1) is 15.8. The van der Waals surface area contributed by atoms with E-state index in [9.17, 15) is 4.79 Å². The van der Waals surface area contributed by atoms with Gasteiger partial charge in [0.15, 0.2) is 0 Å². The first kappa shape index (κ1) is 22.9. The van der Waals surface area contributed by atoms with Crippen LogP contribution in [-0.4, -0.2) is 16.6 Å². The molecule has 168 valence electrons. The zero-order valence-corrected chi connectivity index (χ0v) is 20.6. The van der Waals surface area contributed by atoms with Gasteiger partial charge in [-0.05, 0) is 48.6 Å². The number of para-hydroxylation sites is 1. The summed E-state index contributed by atoms with van der Waals surface area (Å²) in [5.74, 6) is -0.243. The van der Waals surface area contributed by atoms with E-state index in [-0.39, 0.29) is 11.3 Å². The van der Waals surface area contributed by atoms with Crippen molar-refractivity contribution in [1.82, 2.24) is 10.4 Å². The van der Waals surface area contributed by atoms with E-state index in [0.717, 1.165) is 39.2 Å². The maximum absolute atomic E-state index is 13.2. The summed E-state index contributed by atoms with van der Waals surface area (Å²) in [6.45, 7) is 10.6. The fourth-order valence-electron chi connectivity index (χ4n) is 3.66. The minimum atomic E-state index is -0.243. The third-order valence-electron chi connectivity index (χ3n) is 5.70. The molecule has 1 amide bonds. The van der Waals surface area contributed by atoms with Gasteiger partial charge in [0.05, 0.1) is 27.4 Å². The van der Waals surface area contributed by atoms with Gasteiger partial charge in [-0.15, -0.1) is 11.3 Å². The zero-order valence-electron chi connectivity index (χ0n) is 19.8. The second-order valence-corrected chi connectivity index (χ2v) is 10.3. The van der Waals surface area contributed by atoms with Crippen LogP contribution >= 0.6 is 11.3 Å². The molecule has 0 spiro atoms. The molecular formula is C28H29N3OS. The molecule has 0 saturated heterocycles. The minimum absolute atomic E-state index is 0.0801. The van der Waals surface area contributed by atoms with Gasteiger partial charge < -0.3 is 0 Å². The van der Waals surface area contributed by atoms with Crippen molar-refractivity contribution >= 4 is 33.9 Å². The Bertz CT molecular complexity index is 1330. The van der Waals surface area contributed by atoms with Gasteiger partial charge in [0.1, 0.15) is 0 Å². The Balaban J connectivity index is 1.68. The van der Waals surface area contributed by atoms with Crippen molar-refractivity contribution in [3.05, 3.63) is 87.6 Å². The van der Waals surface area contributed by atoms with Crippen LogP contribution in [0.4, 0.5) is 0 Å². The summed E-state index contributed by atoms with van der Waals surface area (Å²) in [6.07, 6.45) is 0.993. The number of carbonyl (C=O) groups is 1. The average molecular weight is 456 g/mol. The molecule has 1 N–H and O–H groups in total. The summed E-state index contributed by atoms with van der Waals surface area (Å²) in [5, 5.41) is 5.18. The maximum atomic E-state index is 13.2. The first-order valence-electron chi connectivity index (χ1n) is 11.2. The Labute approximate surface area is 199 Å². The molecule has 0 radical (unpaired) electrons. The van der Waals surface area contributed by atoms with E-state index in [1.165, 1.54) is 10.4 Å². The number of nitrogens with zero attached hydrogens (tertiary/aromatic N) is 2. The van der Waals surface area contributed by atoms with E-state index >= 15 is 0 Å². The molecule has 2 heterocycles. The lowest BCUT2D eigenvalue weighted by Gasteiger charge is -2.19. The maximum Gasteiger partial charge on any atom is 0.272 e. The summed E-state index contributed by atoms with van der Waals surface area (Å²) in [5.41, 5.74) is 7.98. The predicted molar refractivity (Wildman–Crippen MR) is 139 cm³/mol. The number of aromatic nitrogens is 1. The monoisotopic (exact) mass is 455 g/mol. The molecule has 0 bridgehead atoms.